The summed E-state index contributed by atoms with van der Waals surface area (Å²) in [5.74, 6) is 0.942. The molecule has 1 heterocycles. The number of likely N-dealkylation sites (N-methyl/N-ethyl adjacent to an activating group) is 1. The predicted molar refractivity (Wildman–Crippen MR) is 72.3 cm³/mol. The Balaban J connectivity index is 0.00000128. The van der Waals surface area contributed by atoms with Gasteiger partial charge in [0.15, 0.2) is 0 Å². The number of rotatable bonds is 3. The van der Waals surface area contributed by atoms with Crippen LogP contribution in [0.15, 0.2) is 0 Å². The predicted octanol–water partition coefficient (Wildman–Crippen LogP) is 2.67. The maximum Gasteiger partial charge on any atom is 0.0218 e. The number of halogens is 1. The molecular weight excluding hydrogens is 220 g/mol. The van der Waals surface area contributed by atoms with Crippen LogP contribution in [0.5, 0.6) is 0 Å². The largest absolute Gasteiger partial charge is 0.312 e. The van der Waals surface area contributed by atoms with Gasteiger partial charge in [0.2, 0.25) is 0 Å². The molecule has 2 nitrogen and oxygen atoms in total. The molecule has 0 aromatic rings. The summed E-state index contributed by atoms with van der Waals surface area (Å²) in [5, 5.41) is 3.78. The van der Waals surface area contributed by atoms with Gasteiger partial charge in [-0.3, -0.25) is 0 Å². The van der Waals surface area contributed by atoms with E-state index < -0.39 is 0 Å². The second-order valence-corrected chi connectivity index (χ2v) is 5.65. The Hall–Kier alpha value is 0.210. The highest BCUT2D eigenvalue weighted by Crippen LogP contribution is 2.24. The van der Waals surface area contributed by atoms with Crippen molar-refractivity contribution in [2.75, 3.05) is 20.1 Å². The molecule has 1 saturated heterocycles. The van der Waals surface area contributed by atoms with Crippen LogP contribution >= 0.6 is 12.4 Å². The maximum absolute atomic E-state index is 3.78. The highest BCUT2D eigenvalue weighted by atomic mass is 35.5. The number of likely N-dealkylation sites (tertiary alicyclic amines) is 1. The maximum atomic E-state index is 3.78. The van der Waals surface area contributed by atoms with Gasteiger partial charge >= 0.3 is 0 Å². The highest BCUT2D eigenvalue weighted by Gasteiger charge is 2.23. The SMILES string of the molecule is CC1CCCC(NCC2CCCN2C)C1.Cl. The molecular formula is C13H27ClN2. The van der Waals surface area contributed by atoms with Crippen molar-refractivity contribution in [3.05, 3.63) is 0 Å². The summed E-state index contributed by atoms with van der Waals surface area (Å²) in [7, 11) is 2.27. The fourth-order valence-corrected chi connectivity index (χ4v) is 3.16. The molecule has 1 saturated carbocycles. The van der Waals surface area contributed by atoms with E-state index in [2.05, 4.69) is 24.2 Å². The van der Waals surface area contributed by atoms with Crippen LogP contribution in [-0.4, -0.2) is 37.1 Å². The molecule has 2 fully saturated rings. The third kappa shape index (κ3) is 3.90. The molecule has 3 heteroatoms. The minimum absolute atomic E-state index is 0. The average molecular weight is 247 g/mol. The third-order valence-corrected chi connectivity index (χ3v) is 4.25. The summed E-state index contributed by atoms with van der Waals surface area (Å²) in [6.07, 6.45) is 8.47. The smallest absolute Gasteiger partial charge is 0.0218 e. The van der Waals surface area contributed by atoms with E-state index in [1.165, 1.54) is 51.6 Å². The van der Waals surface area contributed by atoms with E-state index in [0.717, 1.165) is 18.0 Å². The van der Waals surface area contributed by atoms with Crippen molar-refractivity contribution in [2.24, 2.45) is 5.92 Å². The van der Waals surface area contributed by atoms with Gasteiger partial charge in [0.1, 0.15) is 0 Å². The van der Waals surface area contributed by atoms with E-state index >= 15 is 0 Å². The molecule has 1 aliphatic carbocycles. The van der Waals surface area contributed by atoms with Crippen LogP contribution in [0.3, 0.4) is 0 Å². The average Bonchev–Trinajstić information content (AvgIpc) is 2.61. The first-order valence-corrected chi connectivity index (χ1v) is 6.69. The molecule has 0 aromatic heterocycles. The standard InChI is InChI=1S/C13H26N2.ClH/c1-11-5-3-6-12(9-11)14-10-13-7-4-8-15(13)2;/h11-14H,3-10H2,1-2H3;1H. The minimum Gasteiger partial charge on any atom is -0.312 e. The number of nitrogens with zero attached hydrogens (tertiary/aromatic N) is 1. The highest BCUT2D eigenvalue weighted by molar-refractivity contribution is 5.85. The van der Waals surface area contributed by atoms with Gasteiger partial charge in [-0.2, -0.15) is 0 Å². The minimum atomic E-state index is 0. The molecule has 16 heavy (non-hydrogen) atoms. The first-order chi connectivity index (χ1) is 7.25. The first-order valence-electron chi connectivity index (χ1n) is 6.69. The van der Waals surface area contributed by atoms with Gasteiger partial charge in [0, 0.05) is 18.6 Å². The van der Waals surface area contributed by atoms with E-state index in [9.17, 15) is 0 Å². The Kier molecular flexibility index (Phi) is 6.09. The van der Waals surface area contributed by atoms with Crippen LogP contribution < -0.4 is 5.32 Å². The molecule has 1 aliphatic heterocycles. The number of nitrogens with one attached hydrogen (secondary N) is 1. The Bertz CT molecular complexity index is 198. The lowest BCUT2D eigenvalue weighted by Crippen LogP contribution is -2.42. The van der Waals surface area contributed by atoms with Crippen molar-refractivity contribution in [1.29, 1.82) is 0 Å². The van der Waals surface area contributed by atoms with Crippen molar-refractivity contribution < 1.29 is 0 Å². The fraction of sp³-hybridized carbons (Fsp3) is 1.00. The molecule has 0 spiro atoms. The molecule has 0 aromatic carbocycles. The molecule has 2 aliphatic rings. The van der Waals surface area contributed by atoms with Gasteiger partial charge in [-0.25, -0.2) is 0 Å². The zero-order valence-electron chi connectivity index (χ0n) is 10.7. The van der Waals surface area contributed by atoms with Crippen LogP contribution in [-0.2, 0) is 0 Å². The Morgan fingerprint density at radius 1 is 1.19 bits per heavy atom. The molecule has 96 valence electrons. The molecule has 3 atom stereocenters. The molecule has 0 amide bonds. The zero-order valence-corrected chi connectivity index (χ0v) is 11.6. The van der Waals surface area contributed by atoms with Gasteiger partial charge in [-0.05, 0) is 45.2 Å². The molecule has 1 N–H and O–H groups in total. The second-order valence-electron chi connectivity index (χ2n) is 5.65. The summed E-state index contributed by atoms with van der Waals surface area (Å²) in [5.41, 5.74) is 0. The van der Waals surface area contributed by atoms with Gasteiger partial charge in [0.25, 0.3) is 0 Å². The summed E-state index contributed by atoms with van der Waals surface area (Å²) >= 11 is 0. The van der Waals surface area contributed by atoms with Crippen molar-refractivity contribution in [2.45, 2.75) is 57.5 Å². The lowest BCUT2D eigenvalue weighted by molar-refractivity contribution is 0.256. The number of hydrogen-bond acceptors (Lipinski definition) is 2. The van der Waals surface area contributed by atoms with Crippen LogP contribution in [0.25, 0.3) is 0 Å². The van der Waals surface area contributed by atoms with Gasteiger partial charge in [-0.1, -0.05) is 19.8 Å². The van der Waals surface area contributed by atoms with E-state index in [0.29, 0.717) is 0 Å². The topological polar surface area (TPSA) is 15.3 Å². The number of hydrogen-bond donors (Lipinski definition) is 1. The second kappa shape index (κ2) is 6.83. The Morgan fingerprint density at radius 3 is 2.62 bits per heavy atom. The van der Waals surface area contributed by atoms with Crippen LogP contribution in [0.1, 0.15) is 45.4 Å². The lowest BCUT2D eigenvalue weighted by Gasteiger charge is -2.30. The monoisotopic (exact) mass is 246 g/mol. The zero-order chi connectivity index (χ0) is 10.7. The first kappa shape index (κ1) is 14.3. The Labute approximate surface area is 107 Å². The van der Waals surface area contributed by atoms with Crippen LogP contribution in [0.4, 0.5) is 0 Å². The van der Waals surface area contributed by atoms with Crippen molar-refractivity contribution in [3.63, 3.8) is 0 Å². The molecule has 0 bridgehead atoms. The van der Waals surface area contributed by atoms with Crippen molar-refractivity contribution in [1.82, 2.24) is 10.2 Å². The summed E-state index contributed by atoms with van der Waals surface area (Å²) in [6, 6.07) is 1.62. The quantitative estimate of drug-likeness (QED) is 0.824. The summed E-state index contributed by atoms with van der Waals surface area (Å²) in [6.45, 7) is 4.91. The van der Waals surface area contributed by atoms with Crippen molar-refractivity contribution in [3.8, 4) is 0 Å². The lowest BCUT2D eigenvalue weighted by atomic mass is 9.87. The van der Waals surface area contributed by atoms with E-state index in [-0.39, 0.29) is 12.4 Å². The van der Waals surface area contributed by atoms with Gasteiger partial charge in [-0.15, -0.1) is 12.4 Å². The van der Waals surface area contributed by atoms with E-state index in [1.807, 2.05) is 0 Å². The van der Waals surface area contributed by atoms with Gasteiger partial charge in [0.05, 0.1) is 0 Å². The van der Waals surface area contributed by atoms with Crippen molar-refractivity contribution >= 4 is 12.4 Å². The fourth-order valence-electron chi connectivity index (χ4n) is 3.16. The molecule has 2 rings (SSSR count). The summed E-state index contributed by atoms with van der Waals surface area (Å²) in [4.78, 5) is 2.51. The molecule has 0 radical (unpaired) electrons. The van der Waals surface area contributed by atoms with Crippen LogP contribution in [0, 0.1) is 5.92 Å². The van der Waals surface area contributed by atoms with E-state index in [4.69, 9.17) is 0 Å². The summed E-state index contributed by atoms with van der Waals surface area (Å²) < 4.78 is 0. The normalized spacial score (nSPS) is 36.0. The van der Waals surface area contributed by atoms with Crippen LogP contribution in [0.2, 0.25) is 0 Å². The molecule has 3 unspecified atom stereocenters. The van der Waals surface area contributed by atoms with Gasteiger partial charge < -0.3 is 10.2 Å². The Morgan fingerprint density at radius 2 is 2.00 bits per heavy atom. The van der Waals surface area contributed by atoms with E-state index in [1.54, 1.807) is 0 Å². The third-order valence-electron chi connectivity index (χ3n) is 4.25.